The van der Waals surface area contributed by atoms with Crippen LogP contribution in [0, 0.1) is 0 Å². The van der Waals surface area contributed by atoms with Gasteiger partial charge in [-0.05, 0) is 24.6 Å². The molecule has 0 saturated carbocycles. The van der Waals surface area contributed by atoms with Gasteiger partial charge in [-0.2, -0.15) is 0 Å². The van der Waals surface area contributed by atoms with Gasteiger partial charge in [0, 0.05) is 16.5 Å². The fourth-order valence-corrected chi connectivity index (χ4v) is 2.34. The lowest BCUT2D eigenvalue weighted by molar-refractivity contribution is 0.415. The van der Waals surface area contributed by atoms with E-state index >= 15 is 0 Å². The van der Waals surface area contributed by atoms with Crippen LogP contribution in [0.1, 0.15) is 19.2 Å². The van der Waals surface area contributed by atoms with Crippen LogP contribution in [0.2, 0.25) is 0 Å². The zero-order valence-electron chi connectivity index (χ0n) is 11.0. The summed E-state index contributed by atoms with van der Waals surface area (Å²) in [7, 11) is 1.63. The summed E-state index contributed by atoms with van der Waals surface area (Å²) in [6.07, 6.45) is 1.76. The summed E-state index contributed by atoms with van der Waals surface area (Å²) in [4.78, 5) is 4.53. The molecular weight excluding hydrogens is 308 g/mol. The number of hydrogen-bond acceptors (Lipinski definition) is 4. The Morgan fingerprint density at radius 3 is 2.79 bits per heavy atom. The molecule has 2 rings (SSSR count). The maximum absolute atomic E-state index is 6.04. The molecule has 0 amide bonds. The normalized spacial score (nSPS) is 10.7. The number of nitrogens with two attached hydrogens (primary N) is 2. The predicted molar refractivity (Wildman–Crippen MR) is 80.5 cm³/mol. The van der Waals surface area contributed by atoms with Crippen LogP contribution in [-0.2, 0) is 6.42 Å². The monoisotopic (exact) mass is 324 g/mol. The molecule has 0 unspecified atom stereocenters. The zero-order valence-corrected chi connectivity index (χ0v) is 12.6. The number of nitrogens with zero attached hydrogens (tertiary/aromatic N) is 2. The second-order valence-electron chi connectivity index (χ2n) is 4.23. The highest BCUT2D eigenvalue weighted by Crippen LogP contribution is 2.34. The highest BCUT2D eigenvalue weighted by molar-refractivity contribution is 9.10. The Bertz CT molecular complexity index is 595. The Kier molecular flexibility index (Phi) is 3.99. The molecule has 2 aromatic rings. The second kappa shape index (κ2) is 5.52. The number of aryl methyl sites for hydroxylation is 1. The standard InChI is InChI=1S/C13H17BrN4O/c1-3-4-11-17-12(13(15)18(11)16)9-7-8(19-2)5-6-10(9)14/h5-7H,3-4,15-16H2,1-2H3. The molecular formula is C13H17BrN4O. The van der Waals surface area contributed by atoms with E-state index in [1.165, 1.54) is 4.68 Å². The SMILES string of the molecule is CCCc1nc(-c2cc(OC)ccc2Br)c(N)n1N. The van der Waals surface area contributed by atoms with Crippen LogP contribution in [0.25, 0.3) is 11.3 Å². The van der Waals surface area contributed by atoms with Crippen LogP contribution in [0.5, 0.6) is 5.75 Å². The van der Waals surface area contributed by atoms with Crippen molar-refractivity contribution in [2.75, 3.05) is 18.7 Å². The molecule has 19 heavy (non-hydrogen) atoms. The van der Waals surface area contributed by atoms with Crippen LogP contribution >= 0.6 is 15.9 Å². The summed E-state index contributed by atoms with van der Waals surface area (Å²) < 4.78 is 7.58. The summed E-state index contributed by atoms with van der Waals surface area (Å²) in [5.74, 6) is 7.92. The van der Waals surface area contributed by atoms with Gasteiger partial charge in [-0.25, -0.2) is 9.66 Å². The molecule has 6 heteroatoms. The number of benzene rings is 1. The van der Waals surface area contributed by atoms with Crippen LogP contribution in [-0.4, -0.2) is 16.8 Å². The molecule has 0 fully saturated rings. The van der Waals surface area contributed by atoms with Gasteiger partial charge in [0.25, 0.3) is 0 Å². The lowest BCUT2D eigenvalue weighted by atomic mass is 10.1. The number of anilines is 1. The smallest absolute Gasteiger partial charge is 0.150 e. The molecule has 0 aliphatic carbocycles. The lowest BCUT2D eigenvalue weighted by Crippen LogP contribution is -2.15. The van der Waals surface area contributed by atoms with Crippen molar-refractivity contribution in [3.05, 3.63) is 28.5 Å². The first-order valence-electron chi connectivity index (χ1n) is 6.04. The molecule has 102 valence electrons. The summed E-state index contributed by atoms with van der Waals surface area (Å²) in [5, 5.41) is 0. The number of rotatable bonds is 4. The van der Waals surface area contributed by atoms with E-state index in [0.717, 1.165) is 34.5 Å². The van der Waals surface area contributed by atoms with Crippen molar-refractivity contribution in [1.82, 2.24) is 9.66 Å². The second-order valence-corrected chi connectivity index (χ2v) is 5.08. The van der Waals surface area contributed by atoms with Gasteiger partial charge in [0.05, 0.1) is 7.11 Å². The van der Waals surface area contributed by atoms with E-state index in [1.54, 1.807) is 7.11 Å². The van der Waals surface area contributed by atoms with E-state index in [2.05, 4.69) is 27.8 Å². The van der Waals surface area contributed by atoms with Gasteiger partial charge < -0.3 is 16.3 Å². The molecule has 0 aliphatic rings. The maximum Gasteiger partial charge on any atom is 0.150 e. The van der Waals surface area contributed by atoms with Crippen LogP contribution in [0.3, 0.4) is 0 Å². The quantitative estimate of drug-likeness (QED) is 0.847. The predicted octanol–water partition coefficient (Wildman–Crippen LogP) is 2.57. The van der Waals surface area contributed by atoms with Gasteiger partial charge >= 0.3 is 0 Å². The average Bonchev–Trinajstić information content (AvgIpc) is 2.68. The number of imidazole rings is 1. The van der Waals surface area contributed by atoms with Crippen molar-refractivity contribution >= 4 is 21.7 Å². The van der Waals surface area contributed by atoms with E-state index in [1.807, 2.05) is 18.2 Å². The van der Waals surface area contributed by atoms with Gasteiger partial charge in [0.1, 0.15) is 17.3 Å². The average molecular weight is 325 g/mol. The molecule has 0 saturated heterocycles. The van der Waals surface area contributed by atoms with Crippen LogP contribution in [0.4, 0.5) is 5.82 Å². The van der Waals surface area contributed by atoms with E-state index in [0.29, 0.717) is 11.5 Å². The fourth-order valence-electron chi connectivity index (χ4n) is 1.90. The van der Waals surface area contributed by atoms with Crippen molar-refractivity contribution in [3.8, 4) is 17.0 Å². The Hall–Kier alpha value is -1.69. The van der Waals surface area contributed by atoms with Gasteiger partial charge in [-0.1, -0.05) is 22.9 Å². The topological polar surface area (TPSA) is 79.1 Å². The third-order valence-corrected chi connectivity index (χ3v) is 3.61. The van der Waals surface area contributed by atoms with Gasteiger partial charge in [-0.3, -0.25) is 0 Å². The Labute approximate surface area is 120 Å². The molecule has 0 bridgehead atoms. The molecule has 0 aliphatic heterocycles. The molecule has 0 spiro atoms. The van der Waals surface area contributed by atoms with Gasteiger partial charge in [0.2, 0.25) is 0 Å². The minimum atomic E-state index is 0.456. The first-order valence-corrected chi connectivity index (χ1v) is 6.83. The van der Waals surface area contributed by atoms with E-state index < -0.39 is 0 Å². The Morgan fingerprint density at radius 2 is 2.16 bits per heavy atom. The van der Waals surface area contributed by atoms with Crippen molar-refractivity contribution in [2.45, 2.75) is 19.8 Å². The third-order valence-electron chi connectivity index (χ3n) is 2.92. The number of nitrogen functional groups attached to an aromatic ring is 2. The molecule has 1 aromatic carbocycles. The number of halogens is 1. The highest BCUT2D eigenvalue weighted by atomic mass is 79.9. The molecule has 1 aromatic heterocycles. The number of aromatic nitrogens is 2. The van der Waals surface area contributed by atoms with Crippen LogP contribution < -0.4 is 16.3 Å². The molecule has 0 atom stereocenters. The Balaban J connectivity index is 2.55. The summed E-state index contributed by atoms with van der Waals surface area (Å²) in [6, 6.07) is 5.66. The highest BCUT2D eigenvalue weighted by Gasteiger charge is 2.16. The third kappa shape index (κ3) is 2.53. The zero-order chi connectivity index (χ0) is 14.0. The van der Waals surface area contributed by atoms with Crippen molar-refractivity contribution in [2.24, 2.45) is 0 Å². The first-order chi connectivity index (χ1) is 9.08. The molecule has 0 radical (unpaired) electrons. The molecule has 5 nitrogen and oxygen atoms in total. The fraction of sp³-hybridized carbons (Fsp3) is 0.308. The number of ether oxygens (including phenoxy) is 1. The van der Waals surface area contributed by atoms with Gasteiger partial charge in [0.15, 0.2) is 5.82 Å². The van der Waals surface area contributed by atoms with E-state index in [4.69, 9.17) is 16.3 Å². The summed E-state index contributed by atoms with van der Waals surface area (Å²) >= 11 is 3.50. The maximum atomic E-state index is 6.04. The van der Waals surface area contributed by atoms with E-state index in [9.17, 15) is 0 Å². The van der Waals surface area contributed by atoms with Crippen molar-refractivity contribution in [1.29, 1.82) is 0 Å². The lowest BCUT2D eigenvalue weighted by Gasteiger charge is -2.06. The minimum Gasteiger partial charge on any atom is -0.497 e. The van der Waals surface area contributed by atoms with Crippen molar-refractivity contribution < 1.29 is 4.74 Å². The Morgan fingerprint density at radius 1 is 1.42 bits per heavy atom. The summed E-state index contributed by atoms with van der Waals surface area (Å²) in [5.41, 5.74) is 7.59. The number of hydrogen-bond donors (Lipinski definition) is 2. The largest absolute Gasteiger partial charge is 0.497 e. The summed E-state index contributed by atoms with van der Waals surface area (Å²) in [6.45, 7) is 2.08. The van der Waals surface area contributed by atoms with Gasteiger partial charge in [-0.15, -0.1) is 0 Å². The van der Waals surface area contributed by atoms with E-state index in [-0.39, 0.29) is 0 Å². The van der Waals surface area contributed by atoms with Crippen molar-refractivity contribution in [3.63, 3.8) is 0 Å². The van der Waals surface area contributed by atoms with Crippen LogP contribution in [0.15, 0.2) is 22.7 Å². The molecule has 4 N–H and O–H groups in total. The molecule has 1 heterocycles. The number of methoxy groups -OCH3 is 1. The first kappa shape index (κ1) is 13.7. The minimum absolute atomic E-state index is 0.456.